The summed E-state index contributed by atoms with van der Waals surface area (Å²) in [5, 5.41) is 22.5. The smallest absolute Gasteiger partial charge is 0.295 e. The Labute approximate surface area is 177 Å². The number of nitro benzene ring substituents is 1. The highest BCUT2D eigenvalue weighted by molar-refractivity contribution is 6.46. The number of hydrogen-bond acceptors (Lipinski definition) is 6. The Hall–Kier alpha value is -3.23. The number of likely N-dealkylation sites (tertiary alicyclic amines) is 1. The van der Waals surface area contributed by atoms with Crippen molar-refractivity contribution < 1.29 is 24.4 Å². The number of methoxy groups -OCH3 is 1. The minimum Gasteiger partial charge on any atom is -0.507 e. The molecule has 1 aliphatic rings. The lowest BCUT2D eigenvalue weighted by molar-refractivity contribution is -0.384. The molecule has 1 fully saturated rings. The average Bonchev–Trinajstić information content (AvgIpc) is 2.99. The minimum absolute atomic E-state index is 0.125. The molecule has 0 unspecified atom stereocenters. The number of rotatable bonds is 7. The second kappa shape index (κ2) is 9.06. The molecule has 0 aromatic heterocycles. The molecule has 156 valence electrons. The van der Waals surface area contributed by atoms with Crippen LogP contribution in [0.4, 0.5) is 5.69 Å². The number of ether oxygens (including phenoxy) is 1. The number of ketones is 1. The molecule has 1 aliphatic heterocycles. The molecule has 2 aromatic rings. The molecule has 0 bridgehead atoms. The topological polar surface area (TPSA) is 110 Å². The predicted molar refractivity (Wildman–Crippen MR) is 110 cm³/mol. The number of amides is 1. The van der Waals surface area contributed by atoms with Crippen LogP contribution in [0.3, 0.4) is 0 Å². The molecule has 1 heterocycles. The SMILES string of the molecule is COCCCN1C(=O)C(=O)/C(=C(/O)c2ccc(Cl)cc2)[C@H]1c1cccc([N+](=O)[O-])c1. The zero-order valence-electron chi connectivity index (χ0n) is 16.1. The van der Waals surface area contributed by atoms with Gasteiger partial charge in [-0.2, -0.15) is 0 Å². The Bertz CT molecular complexity index is 1020. The predicted octanol–water partition coefficient (Wildman–Crippen LogP) is 3.71. The van der Waals surface area contributed by atoms with E-state index in [4.69, 9.17) is 16.3 Å². The van der Waals surface area contributed by atoms with Crippen molar-refractivity contribution in [3.05, 3.63) is 80.4 Å². The van der Waals surface area contributed by atoms with Gasteiger partial charge in [0.1, 0.15) is 5.76 Å². The fourth-order valence-corrected chi connectivity index (χ4v) is 3.53. The van der Waals surface area contributed by atoms with E-state index in [9.17, 15) is 24.8 Å². The van der Waals surface area contributed by atoms with Gasteiger partial charge in [-0.25, -0.2) is 0 Å². The van der Waals surface area contributed by atoms with Crippen molar-refractivity contribution in [2.24, 2.45) is 0 Å². The number of aliphatic hydroxyl groups is 1. The largest absolute Gasteiger partial charge is 0.507 e. The highest BCUT2D eigenvalue weighted by Gasteiger charge is 2.46. The fourth-order valence-electron chi connectivity index (χ4n) is 3.41. The summed E-state index contributed by atoms with van der Waals surface area (Å²) >= 11 is 5.89. The van der Waals surface area contributed by atoms with Crippen LogP contribution in [0.25, 0.3) is 5.76 Å². The maximum Gasteiger partial charge on any atom is 0.295 e. The molecule has 8 nitrogen and oxygen atoms in total. The maximum atomic E-state index is 12.8. The molecule has 1 atom stereocenters. The normalized spacial score (nSPS) is 18.1. The van der Waals surface area contributed by atoms with Crippen LogP contribution in [0.1, 0.15) is 23.6 Å². The van der Waals surface area contributed by atoms with Crippen LogP contribution in [0.15, 0.2) is 54.1 Å². The van der Waals surface area contributed by atoms with Crippen molar-refractivity contribution in [2.75, 3.05) is 20.3 Å². The Morgan fingerprint density at radius 1 is 1.23 bits per heavy atom. The van der Waals surface area contributed by atoms with Crippen molar-refractivity contribution in [1.82, 2.24) is 4.90 Å². The molecule has 0 saturated carbocycles. The molecule has 0 aliphatic carbocycles. The van der Waals surface area contributed by atoms with E-state index >= 15 is 0 Å². The number of Topliss-reactive ketones (excluding diaryl/α,β-unsaturated/α-hetero) is 1. The van der Waals surface area contributed by atoms with E-state index in [1.165, 1.54) is 42.3 Å². The van der Waals surface area contributed by atoms with Gasteiger partial charge in [0.15, 0.2) is 0 Å². The number of nitrogens with zero attached hydrogens (tertiary/aromatic N) is 2. The Morgan fingerprint density at radius 3 is 2.57 bits per heavy atom. The van der Waals surface area contributed by atoms with Crippen LogP contribution in [-0.2, 0) is 14.3 Å². The molecule has 0 radical (unpaired) electrons. The van der Waals surface area contributed by atoms with E-state index in [0.717, 1.165) is 0 Å². The first-order chi connectivity index (χ1) is 14.3. The van der Waals surface area contributed by atoms with Crippen molar-refractivity contribution in [2.45, 2.75) is 12.5 Å². The molecule has 1 saturated heterocycles. The lowest BCUT2D eigenvalue weighted by Gasteiger charge is -2.25. The third kappa shape index (κ3) is 4.19. The molecule has 1 N–H and O–H groups in total. The van der Waals surface area contributed by atoms with E-state index in [0.29, 0.717) is 29.2 Å². The third-order valence-corrected chi connectivity index (χ3v) is 5.05. The van der Waals surface area contributed by atoms with Crippen LogP contribution in [0.5, 0.6) is 0 Å². The number of aliphatic hydroxyl groups excluding tert-OH is 1. The number of carbonyl (C=O) groups excluding carboxylic acids is 2. The van der Waals surface area contributed by atoms with Gasteiger partial charge in [0.05, 0.1) is 16.5 Å². The standard InChI is InChI=1S/C21H19ClN2O6/c1-30-11-3-10-23-18(14-4-2-5-16(12-14)24(28)29)17(20(26)21(23)27)19(25)13-6-8-15(22)9-7-13/h2,4-9,12,18,25H,3,10-11H2,1H3/b19-17+/t18-/m1/s1. The molecule has 9 heteroatoms. The number of hydrogen-bond donors (Lipinski definition) is 1. The average molecular weight is 431 g/mol. The van der Waals surface area contributed by atoms with Crippen molar-refractivity contribution in [3.63, 3.8) is 0 Å². The van der Waals surface area contributed by atoms with Crippen LogP contribution in [0.2, 0.25) is 5.02 Å². The van der Waals surface area contributed by atoms with Gasteiger partial charge in [-0.05, 0) is 36.2 Å². The molecule has 3 rings (SSSR count). The zero-order chi connectivity index (χ0) is 21.8. The summed E-state index contributed by atoms with van der Waals surface area (Å²) in [6.07, 6.45) is 0.454. The molecular formula is C21H19ClN2O6. The van der Waals surface area contributed by atoms with Gasteiger partial charge in [0.25, 0.3) is 17.4 Å². The van der Waals surface area contributed by atoms with Crippen LogP contribution in [-0.4, -0.2) is 46.9 Å². The number of benzene rings is 2. The summed E-state index contributed by atoms with van der Waals surface area (Å²) in [5.41, 5.74) is 0.364. The van der Waals surface area contributed by atoms with Crippen molar-refractivity contribution in [3.8, 4) is 0 Å². The lowest BCUT2D eigenvalue weighted by Crippen LogP contribution is -2.31. The van der Waals surface area contributed by atoms with Gasteiger partial charge in [-0.1, -0.05) is 23.7 Å². The van der Waals surface area contributed by atoms with Crippen molar-refractivity contribution >= 4 is 34.7 Å². The quantitative estimate of drug-likeness (QED) is 0.179. The zero-order valence-corrected chi connectivity index (χ0v) is 16.8. The maximum absolute atomic E-state index is 12.8. The van der Waals surface area contributed by atoms with Gasteiger partial charge in [0.2, 0.25) is 0 Å². The summed E-state index contributed by atoms with van der Waals surface area (Å²) in [7, 11) is 1.52. The number of non-ortho nitro benzene ring substituents is 1. The fraction of sp³-hybridized carbons (Fsp3) is 0.238. The van der Waals surface area contributed by atoms with Crippen LogP contribution < -0.4 is 0 Å². The van der Waals surface area contributed by atoms with E-state index < -0.39 is 22.7 Å². The molecule has 1 amide bonds. The number of carbonyl (C=O) groups is 2. The highest BCUT2D eigenvalue weighted by Crippen LogP contribution is 2.40. The molecule has 0 spiro atoms. The minimum atomic E-state index is -0.961. The monoisotopic (exact) mass is 430 g/mol. The number of halogens is 1. The van der Waals surface area contributed by atoms with Gasteiger partial charge in [-0.15, -0.1) is 0 Å². The first-order valence-corrected chi connectivity index (χ1v) is 9.50. The number of nitro groups is 1. The van der Waals surface area contributed by atoms with E-state index in [1.807, 2.05) is 0 Å². The molecule has 2 aromatic carbocycles. The Morgan fingerprint density at radius 2 is 1.93 bits per heavy atom. The molecular weight excluding hydrogens is 412 g/mol. The second-order valence-corrected chi connectivity index (χ2v) is 7.13. The van der Waals surface area contributed by atoms with Crippen LogP contribution in [0, 0.1) is 10.1 Å². The summed E-state index contributed by atoms with van der Waals surface area (Å²) in [6, 6.07) is 10.9. The summed E-state index contributed by atoms with van der Waals surface area (Å²) in [6.45, 7) is 0.547. The van der Waals surface area contributed by atoms with Gasteiger partial charge in [0, 0.05) is 43.0 Å². The van der Waals surface area contributed by atoms with Crippen molar-refractivity contribution in [1.29, 1.82) is 0 Å². The van der Waals surface area contributed by atoms with Gasteiger partial charge < -0.3 is 14.7 Å². The Balaban J connectivity index is 2.15. The van der Waals surface area contributed by atoms with Gasteiger partial charge >= 0.3 is 0 Å². The molecule has 30 heavy (non-hydrogen) atoms. The Kier molecular flexibility index (Phi) is 6.49. The third-order valence-electron chi connectivity index (χ3n) is 4.80. The summed E-state index contributed by atoms with van der Waals surface area (Å²) in [5.74, 6) is -2.00. The summed E-state index contributed by atoms with van der Waals surface area (Å²) in [4.78, 5) is 37.5. The second-order valence-electron chi connectivity index (χ2n) is 6.70. The lowest BCUT2D eigenvalue weighted by atomic mass is 9.95. The first-order valence-electron chi connectivity index (χ1n) is 9.12. The first kappa shape index (κ1) is 21.5. The van der Waals surface area contributed by atoms with Crippen LogP contribution >= 0.6 is 11.6 Å². The summed E-state index contributed by atoms with van der Waals surface area (Å²) < 4.78 is 5.02. The van der Waals surface area contributed by atoms with E-state index in [-0.39, 0.29) is 23.6 Å². The van der Waals surface area contributed by atoms with E-state index in [2.05, 4.69) is 0 Å². The van der Waals surface area contributed by atoms with Gasteiger partial charge in [-0.3, -0.25) is 19.7 Å². The van der Waals surface area contributed by atoms with E-state index in [1.54, 1.807) is 18.2 Å². The highest BCUT2D eigenvalue weighted by atomic mass is 35.5.